The highest BCUT2D eigenvalue weighted by Gasteiger charge is 2.14. The second-order valence-corrected chi connectivity index (χ2v) is 4.85. The summed E-state index contributed by atoms with van der Waals surface area (Å²) in [6, 6.07) is 7.83. The first-order valence-electron chi connectivity index (χ1n) is 6.86. The van der Waals surface area contributed by atoms with Gasteiger partial charge in [0.05, 0.1) is 26.9 Å². The van der Waals surface area contributed by atoms with Crippen LogP contribution < -0.4 is 10.5 Å². The van der Waals surface area contributed by atoms with E-state index in [1.807, 2.05) is 30.3 Å². The van der Waals surface area contributed by atoms with Gasteiger partial charge >= 0.3 is 0 Å². The molecule has 21 heavy (non-hydrogen) atoms. The fourth-order valence-corrected chi connectivity index (χ4v) is 2.24. The molecular weight excluding hydrogens is 268 g/mol. The van der Waals surface area contributed by atoms with Crippen molar-refractivity contribution < 1.29 is 9.47 Å². The van der Waals surface area contributed by atoms with E-state index in [2.05, 4.69) is 10.1 Å². The van der Waals surface area contributed by atoms with E-state index in [0.717, 1.165) is 23.3 Å². The van der Waals surface area contributed by atoms with E-state index >= 15 is 0 Å². The van der Waals surface area contributed by atoms with Crippen molar-refractivity contribution in [2.45, 2.75) is 13.0 Å². The molecule has 0 fully saturated rings. The molecular formula is C15H18N4O2. The SMILES string of the molecule is COc1ccc(Cn2nc(C3=CCOCC3)nc2N)cc1. The Bertz CT molecular complexity index is 646. The molecule has 6 heteroatoms. The van der Waals surface area contributed by atoms with Crippen molar-refractivity contribution in [1.29, 1.82) is 0 Å². The Morgan fingerprint density at radius 1 is 1.33 bits per heavy atom. The van der Waals surface area contributed by atoms with Crippen molar-refractivity contribution in [3.63, 3.8) is 0 Å². The second kappa shape index (κ2) is 5.97. The Morgan fingerprint density at radius 2 is 2.14 bits per heavy atom. The van der Waals surface area contributed by atoms with E-state index in [1.54, 1.807) is 11.8 Å². The van der Waals surface area contributed by atoms with Gasteiger partial charge in [-0.15, -0.1) is 5.10 Å². The van der Waals surface area contributed by atoms with Crippen LogP contribution in [0.15, 0.2) is 30.3 Å². The molecule has 1 aliphatic rings. The van der Waals surface area contributed by atoms with Gasteiger partial charge in [0, 0.05) is 0 Å². The lowest BCUT2D eigenvalue weighted by Gasteiger charge is -2.10. The van der Waals surface area contributed by atoms with Crippen molar-refractivity contribution in [2.75, 3.05) is 26.1 Å². The number of anilines is 1. The minimum absolute atomic E-state index is 0.424. The van der Waals surface area contributed by atoms with E-state index in [0.29, 0.717) is 31.5 Å². The number of nitrogens with zero attached hydrogens (tertiary/aromatic N) is 3. The number of aromatic nitrogens is 3. The first-order valence-corrected chi connectivity index (χ1v) is 6.86. The minimum atomic E-state index is 0.424. The standard InChI is InChI=1S/C15H18N4O2/c1-20-13-4-2-11(3-5-13)10-19-15(16)17-14(18-19)12-6-8-21-9-7-12/h2-6H,7-10H2,1H3,(H2,16,17,18). The summed E-state index contributed by atoms with van der Waals surface area (Å²) in [7, 11) is 1.65. The predicted molar refractivity (Wildman–Crippen MR) is 79.9 cm³/mol. The molecule has 2 N–H and O–H groups in total. The van der Waals surface area contributed by atoms with Crippen LogP contribution in [0.4, 0.5) is 5.95 Å². The number of benzene rings is 1. The highest BCUT2D eigenvalue weighted by atomic mass is 16.5. The molecule has 0 bridgehead atoms. The van der Waals surface area contributed by atoms with Crippen molar-refractivity contribution in [3.05, 3.63) is 41.7 Å². The van der Waals surface area contributed by atoms with Crippen LogP contribution in [0.1, 0.15) is 17.8 Å². The number of methoxy groups -OCH3 is 1. The highest BCUT2D eigenvalue weighted by Crippen LogP contribution is 2.20. The molecule has 0 unspecified atom stereocenters. The summed E-state index contributed by atoms with van der Waals surface area (Å²) >= 11 is 0. The Labute approximate surface area is 123 Å². The summed E-state index contributed by atoms with van der Waals surface area (Å²) in [4.78, 5) is 4.35. The van der Waals surface area contributed by atoms with Gasteiger partial charge in [-0.3, -0.25) is 0 Å². The second-order valence-electron chi connectivity index (χ2n) is 4.85. The summed E-state index contributed by atoms with van der Waals surface area (Å²) < 4.78 is 12.2. The van der Waals surface area contributed by atoms with Crippen molar-refractivity contribution >= 4 is 11.5 Å². The highest BCUT2D eigenvalue weighted by molar-refractivity contribution is 5.61. The summed E-state index contributed by atoms with van der Waals surface area (Å²) in [6.07, 6.45) is 2.84. The van der Waals surface area contributed by atoms with Crippen molar-refractivity contribution in [2.24, 2.45) is 0 Å². The topological polar surface area (TPSA) is 75.2 Å². The molecule has 2 aromatic rings. The molecule has 1 aromatic heterocycles. The number of nitrogens with two attached hydrogens (primary N) is 1. The lowest BCUT2D eigenvalue weighted by molar-refractivity contribution is 0.161. The first kappa shape index (κ1) is 13.6. The summed E-state index contributed by atoms with van der Waals surface area (Å²) in [5.41, 5.74) is 8.15. The Kier molecular flexibility index (Phi) is 3.87. The van der Waals surface area contributed by atoms with Crippen molar-refractivity contribution in [1.82, 2.24) is 14.8 Å². The molecule has 1 aliphatic heterocycles. The zero-order valence-corrected chi connectivity index (χ0v) is 12.0. The number of hydrogen-bond acceptors (Lipinski definition) is 5. The summed E-state index contributed by atoms with van der Waals surface area (Å²) in [5, 5.41) is 4.50. The molecule has 0 saturated heterocycles. The molecule has 0 saturated carbocycles. The average molecular weight is 286 g/mol. The molecule has 0 radical (unpaired) electrons. The van der Waals surface area contributed by atoms with Crippen molar-refractivity contribution in [3.8, 4) is 5.75 Å². The molecule has 1 aromatic carbocycles. The molecule has 6 nitrogen and oxygen atoms in total. The van der Waals surface area contributed by atoms with Crippen LogP contribution in [0, 0.1) is 0 Å². The zero-order valence-electron chi connectivity index (χ0n) is 12.0. The average Bonchev–Trinajstić information content (AvgIpc) is 2.90. The molecule has 3 rings (SSSR count). The molecule has 0 atom stereocenters. The van der Waals surface area contributed by atoms with Crippen LogP contribution in [-0.2, 0) is 11.3 Å². The third kappa shape index (κ3) is 3.05. The molecule has 110 valence electrons. The Morgan fingerprint density at radius 3 is 2.81 bits per heavy atom. The lowest BCUT2D eigenvalue weighted by Crippen LogP contribution is -2.07. The maximum Gasteiger partial charge on any atom is 0.219 e. The van der Waals surface area contributed by atoms with Crippen LogP contribution in [0.3, 0.4) is 0 Å². The number of hydrogen-bond donors (Lipinski definition) is 1. The minimum Gasteiger partial charge on any atom is -0.497 e. The third-order valence-electron chi connectivity index (χ3n) is 3.44. The van der Waals surface area contributed by atoms with Crippen LogP contribution in [-0.4, -0.2) is 35.1 Å². The first-order chi connectivity index (χ1) is 10.3. The van der Waals surface area contributed by atoms with E-state index in [4.69, 9.17) is 15.2 Å². The lowest BCUT2D eigenvalue weighted by atomic mass is 10.1. The van der Waals surface area contributed by atoms with Crippen LogP contribution >= 0.6 is 0 Å². The predicted octanol–water partition coefficient (Wildman–Crippen LogP) is 1.72. The van der Waals surface area contributed by atoms with Gasteiger partial charge in [0.25, 0.3) is 0 Å². The van der Waals surface area contributed by atoms with Gasteiger partial charge in [-0.1, -0.05) is 18.2 Å². The zero-order chi connectivity index (χ0) is 14.7. The number of rotatable bonds is 4. The van der Waals surface area contributed by atoms with E-state index in [1.165, 1.54) is 0 Å². The summed E-state index contributed by atoms with van der Waals surface area (Å²) in [5.74, 6) is 1.95. The van der Waals surface area contributed by atoms with Gasteiger partial charge in [0.15, 0.2) is 5.82 Å². The van der Waals surface area contributed by atoms with E-state index < -0.39 is 0 Å². The molecule has 0 spiro atoms. The Balaban J connectivity index is 1.78. The molecule has 0 aliphatic carbocycles. The normalized spacial score (nSPS) is 14.8. The van der Waals surface area contributed by atoms with Gasteiger partial charge in [-0.05, 0) is 29.7 Å². The number of nitrogen functional groups attached to an aromatic ring is 1. The van der Waals surface area contributed by atoms with Crippen LogP contribution in [0.5, 0.6) is 5.75 Å². The fourth-order valence-electron chi connectivity index (χ4n) is 2.24. The van der Waals surface area contributed by atoms with Gasteiger partial charge in [-0.2, -0.15) is 4.98 Å². The van der Waals surface area contributed by atoms with Crippen LogP contribution in [0.2, 0.25) is 0 Å². The van der Waals surface area contributed by atoms with Gasteiger partial charge in [-0.25, -0.2) is 4.68 Å². The van der Waals surface area contributed by atoms with Crippen LogP contribution in [0.25, 0.3) is 5.57 Å². The van der Waals surface area contributed by atoms with Gasteiger partial charge < -0.3 is 15.2 Å². The maximum atomic E-state index is 5.96. The molecule has 0 amide bonds. The molecule has 2 heterocycles. The third-order valence-corrected chi connectivity index (χ3v) is 3.44. The Hall–Kier alpha value is -2.34. The largest absolute Gasteiger partial charge is 0.497 e. The fraction of sp³-hybridized carbons (Fsp3) is 0.333. The van der Waals surface area contributed by atoms with Gasteiger partial charge in [0.2, 0.25) is 5.95 Å². The number of ether oxygens (including phenoxy) is 2. The van der Waals surface area contributed by atoms with Gasteiger partial charge in [0.1, 0.15) is 5.75 Å². The summed E-state index contributed by atoms with van der Waals surface area (Å²) in [6.45, 7) is 1.91. The maximum absolute atomic E-state index is 5.96. The quantitative estimate of drug-likeness (QED) is 0.926. The smallest absolute Gasteiger partial charge is 0.219 e. The van der Waals surface area contributed by atoms with E-state index in [-0.39, 0.29) is 0 Å². The van der Waals surface area contributed by atoms with E-state index in [9.17, 15) is 0 Å². The monoisotopic (exact) mass is 286 g/mol.